The Balaban J connectivity index is 1.80. The first kappa shape index (κ1) is 18.2. The number of aromatic nitrogens is 1. The summed E-state index contributed by atoms with van der Waals surface area (Å²) in [5.41, 5.74) is -2.30. The summed E-state index contributed by atoms with van der Waals surface area (Å²) in [4.78, 5) is 15.9. The van der Waals surface area contributed by atoms with Gasteiger partial charge in [0.05, 0.1) is 16.7 Å². The van der Waals surface area contributed by atoms with Crippen molar-refractivity contribution in [2.75, 3.05) is 10.5 Å². The average molecular weight is 376 g/mol. The number of hydrogen-bond donors (Lipinski definition) is 1. The maximum Gasteiger partial charge on any atom is 0.417 e. The summed E-state index contributed by atoms with van der Waals surface area (Å²) in [6, 6.07) is 1.73. The fraction of sp³-hybridized carbons (Fsp3) is 0.625. The zero-order valence-electron chi connectivity index (χ0n) is 13.9. The van der Waals surface area contributed by atoms with Crippen molar-refractivity contribution in [1.82, 2.24) is 4.98 Å². The second kappa shape index (κ2) is 5.43. The summed E-state index contributed by atoms with van der Waals surface area (Å²) in [5, 5.41) is 0. The molecule has 1 aromatic rings. The Bertz CT molecular complexity index is 803. The van der Waals surface area contributed by atoms with Gasteiger partial charge in [-0.1, -0.05) is 13.8 Å². The molecule has 2 aliphatic rings. The summed E-state index contributed by atoms with van der Waals surface area (Å²) < 4.78 is 64.9. The molecule has 0 radical (unpaired) electrons. The van der Waals surface area contributed by atoms with Crippen LogP contribution in [0.3, 0.4) is 0 Å². The fourth-order valence-electron chi connectivity index (χ4n) is 4.25. The monoisotopic (exact) mass is 376 g/mol. The van der Waals surface area contributed by atoms with Gasteiger partial charge in [-0.05, 0) is 36.3 Å². The molecule has 0 aromatic carbocycles. The van der Waals surface area contributed by atoms with Gasteiger partial charge in [0, 0.05) is 12.6 Å². The lowest BCUT2D eigenvalue weighted by Gasteiger charge is -2.36. The van der Waals surface area contributed by atoms with Crippen molar-refractivity contribution in [2.45, 2.75) is 39.3 Å². The number of rotatable bonds is 4. The van der Waals surface area contributed by atoms with Crippen molar-refractivity contribution >= 4 is 21.6 Å². The third kappa shape index (κ3) is 2.92. The Labute approximate surface area is 144 Å². The molecule has 2 saturated carbocycles. The Morgan fingerprint density at radius 1 is 1.32 bits per heavy atom. The topological polar surface area (TPSA) is 76.1 Å². The summed E-state index contributed by atoms with van der Waals surface area (Å²) in [7, 11) is -3.93. The van der Waals surface area contributed by atoms with Crippen LogP contribution in [0.4, 0.5) is 19.0 Å². The number of sulfonamides is 1. The van der Waals surface area contributed by atoms with Crippen molar-refractivity contribution in [3.8, 4) is 0 Å². The van der Waals surface area contributed by atoms with Crippen LogP contribution in [0.2, 0.25) is 0 Å². The van der Waals surface area contributed by atoms with Crippen LogP contribution < -0.4 is 4.72 Å². The summed E-state index contributed by atoms with van der Waals surface area (Å²) in [5.74, 6) is -0.425. The molecule has 2 aliphatic carbocycles. The zero-order chi connectivity index (χ0) is 18.7. The number of alkyl halides is 3. The van der Waals surface area contributed by atoms with E-state index >= 15 is 0 Å². The molecule has 0 amide bonds. The molecule has 5 nitrogen and oxygen atoms in total. The van der Waals surface area contributed by atoms with Crippen molar-refractivity contribution in [1.29, 1.82) is 0 Å². The van der Waals surface area contributed by atoms with E-state index in [1.807, 2.05) is 13.8 Å². The van der Waals surface area contributed by atoms with E-state index in [2.05, 4.69) is 9.71 Å². The number of nitrogens with one attached hydrogen (secondary N) is 1. The number of carbonyl (C=O) groups is 1. The van der Waals surface area contributed by atoms with Crippen molar-refractivity contribution in [2.24, 2.45) is 16.7 Å². The number of fused-ring (bicyclic) bond motifs is 2. The summed E-state index contributed by atoms with van der Waals surface area (Å²) in [6.07, 6.45) is -2.24. The normalized spacial score (nSPS) is 28.4. The SMILES string of the molecule is CC1(C)[C@H]2CC[C@]1(CS(=O)(=O)Nc1ccc(C(F)(F)F)cn1)C(=O)C2. The van der Waals surface area contributed by atoms with Crippen molar-refractivity contribution < 1.29 is 26.4 Å². The predicted molar refractivity (Wildman–Crippen MR) is 85.2 cm³/mol. The van der Waals surface area contributed by atoms with Crippen LogP contribution in [-0.4, -0.2) is 24.9 Å². The molecule has 9 heteroatoms. The number of nitrogens with zero attached hydrogens (tertiary/aromatic N) is 1. The highest BCUT2D eigenvalue weighted by Crippen LogP contribution is 2.64. The Morgan fingerprint density at radius 3 is 2.44 bits per heavy atom. The largest absolute Gasteiger partial charge is 0.417 e. The number of hydrogen-bond acceptors (Lipinski definition) is 4. The van der Waals surface area contributed by atoms with Gasteiger partial charge in [0.1, 0.15) is 11.6 Å². The summed E-state index contributed by atoms with van der Waals surface area (Å²) >= 11 is 0. The molecule has 0 saturated heterocycles. The molecule has 2 bridgehead atoms. The van der Waals surface area contributed by atoms with Crippen LogP contribution in [0.25, 0.3) is 0 Å². The molecule has 2 atom stereocenters. The van der Waals surface area contributed by atoms with Gasteiger partial charge in [-0.25, -0.2) is 13.4 Å². The predicted octanol–water partition coefficient (Wildman–Crippen LogP) is 3.24. The number of pyridine rings is 1. The highest BCUT2D eigenvalue weighted by molar-refractivity contribution is 7.92. The molecule has 0 spiro atoms. The first-order valence-electron chi connectivity index (χ1n) is 7.94. The smallest absolute Gasteiger partial charge is 0.299 e. The van der Waals surface area contributed by atoms with E-state index in [4.69, 9.17) is 0 Å². The third-order valence-corrected chi connectivity index (χ3v) is 7.32. The van der Waals surface area contributed by atoms with E-state index in [1.165, 1.54) is 0 Å². The lowest BCUT2D eigenvalue weighted by atomic mass is 9.70. The summed E-state index contributed by atoms with van der Waals surface area (Å²) in [6.45, 7) is 3.84. The number of halogens is 3. The average Bonchev–Trinajstić information content (AvgIpc) is 2.80. The minimum Gasteiger partial charge on any atom is -0.299 e. The maximum absolute atomic E-state index is 12.5. The minimum atomic E-state index is -4.54. The van der Waals surface area contributed by atoms with E-state index in [0.29, 0.717) is 19.0 Å². The molecule has 25 heavy (non-hydrogen) atoms. The number of Topliss-reactive ketones (excluding diaryl/α,β-unsaturated/α-hetero) is 1. The Hall–Kier alpha value is -1.64. The second-order valence-corrected chi connectivity index (χ2v) is 9.18. The van der Waals surface area contributed by atoms with E-state index < -0.39 is 32.6 Å². The van der Waals surface area contributed by atoms with Crippen LogP contribution in [0.15, 0.2) is 18.3 Å². The van der Waals surface area contributed by atoms with Gasteiger partial charge in [-0.2, -0.15) is 13.2 Å². The Kier molecular flexibility index (Phi) is 3.94. The molecule has 138 valence electrons. The minimum absolute atomic E-state index is 0.0421. The van der Waals surface area contributed by atoms with E-state index in [0.717, 1.165) is 18.6 Å². The molecule has 1 N–H and O–H groups in total. The maximum atomic E-state index is 12.5. The van der Waals surface area contributed by atoms with Gasteiger partial charge in [0.2, 0.25) is 10.0 Å². The van der Waals surface area contributed by atoms with Crippen molar-refractivity contribution in [3.05, 3.63) is 23.9 Å². The fourth-order valence-corrected chi connectivity index (χ4v) is 6.09. The molecular formula is C16H19F3N2O3S. The van der Waals surface area contributed by atoms with Gasteiger partial charge in [0.25, 0.3) is 0 Å². The highest BCUT2D eigenvalue weighted by Gasteiger charge is 2.65. The van der Waals surface area contributed by atoms with Gasteiger partial charge in [-0.3, -0.25) is 9.52 Å². The highest BCUT2D eigenvalue weighted by atomic mass is 32.2. The van der Waals surface area contributed by atoms with Gasteiger partial charge in [-0.15, -0.1) is 0 Å². The molecule has 0 unspecified atom stereocenters. The zero-order valence-corrected chi connectivity index (χ0v) is 14.7. The third-order valence-electron chi connectivity index (χ3n) is 5.93. The molecule has 1 heterocycles. The molecule has 1 aromatic heterocycles. The van der Waals surface area contributed by atoms with Crippen LogP contribution in [-0.2, 0) is 21.0 Å². The lowest BCUT2D eigenvalue weighted by Crippen LogP contribution is -2.43. The van der Waals surface area contributed by atoms with E-state index in [1.54, 1.807) is 0 Å². The quantitative estimate of drug-likeness (QED) is 0.875. The van der Waals surface area contributed by atoms with Gasteiger partial charge < -0.3 is 0 Å². The van der Waals surface area contributed by atoms with Crippen molar-refractivity contribution in [3.63, 3.8) is 0 Å². The number of ketones is 1. The standard InChI is InChI=1S/C16H19F3N2O3S/c1-14(2)10-5-6-15(14,12(22)7-10)9-25(23,24)21-13-4-3-11(8-20-13)16(17,18)19/h3-4,8,10H,5-7,9H2,1-2H3,(H,20,21)/t10-,15-/m0/s1. The molecular weight excluding hydrogens is 357 g/mol. The van der Waals surface area contributed by atoms with Crippen LogP contribution in [0.5, 0.6) is 0 Å². The number of anilines is 1. The van der Waals surface area contributed by atoms with E-state index in [9.17, 15) is 26.4 Å². The first-order valence-corrected chi connectivity index (χ1v) is 9.60. The number of carbonyl (C=O) groups excluding carboxylic acids is 1. The molecule has 2 fully saturated rings. The van der Waals surface area contributed by atoms with Gasteiger partial charge >= 0.3 is 6.18 Å². The van der Waals surface area contributed by atoms with Crippen LogP contribution in [0.1, 0.15) is 38.7 Å². The first-order chi connectivity index (χ1) is 11.4. The lowest BCUT2D eigenvalue weighted by molar-refractivity contribution is -0.137. The second-order valence-electron chi connectivity index (χ2n) is 7.46. The van der Waals surface area contributed by atoms with Gasteiger partial charge in [0.15, 0.2) is 0 Å². The molecule has 0 aliphatic heterocycles. The Morgan fingerprint density at radius 2 is 2.00 bits per heavy atom. The van der Waals surface area contributed by atoms with E-state index in [-0.39, 0.29) is 23.3 Å². The molecule has 3 rings (SSSR count). The van der Waals surface area contributed by atoms with Crippen LogP contribution in [0, 0.1) is 16.7 Å². The van der Waals surface area contributed by atoms with Crippen LogP contribution >= 0.6 is 0 Å².